The first-order valence-electron chi connectivity index (χ1n) is 7.93. The lowest BCUT2D eigenvalue weighted by atomic mass is 10.2. The number of sulfonamides is 1. The molecular weight excluding hydrogens is 370 g/mol. The molecule has 3 aromatic rings. The summed E-state index contributed by atoms with van der Waals surface area (Å²) in [7, 11) is -2.00. The third-order valence-electron chi connectivity index (χ3n) is 3.80. The first-order valence-corrected chi connectivity index (χ1v) is 9.81. The van der Waals surface area contributed by atoms with Gasteiger partial charge in [0.05, 0.1) is 11.9 Å². The van der Waals surface area contributed by atoms with E-state index in [1.807, 2.05) is 36.5 Å². The highest BCUT2D eigenvalue weighted by molar-refractivity contribution is 7.92. The Balaban J connectivity index is 1.69. The van der Waals surface area contributed by atoms with E-state index in [4.69, 9.17) is 11.6 Å². The summed E-state index contributed by atoms with van der Waals surface area (Å²) >= 11 is 5.83. The summed E-state index contributed by atoms with van der Waals surface area (Å²) in [5.41, 5.74) is 2.50. The second kappa shape index (κ2) is 7.86. The van der Waals surface area contributed by atoms with Gasteiger partial charge in [0.25, 0.3) is 0 Å². The molecule has 7 heteroatoms. The van der Waals surface area contributed by atoms with Crippen molar-refractivity contribution in [1.82, 2.24) is 14.1 Å². The first-order chi connectivity index (χ1) is 12.4. The third kappa shape index (κ3) is 4.60. The van der Waals surface area contributed by atoms with Crippen molar-refractivity contribution in [1.29, 1.82) is 0 Å². The SMILES string of the molecule is CN(Cc1cnn(-c2ccccc2)c1)S(=O)(=O)/C=C/c1ccc(Cl)cc1. The summed E-state index contributed by atoms with van der Waals surface area (Å²) in [6.45, 7) is 0.236. The number of benzene rings is 2. The van der Waals surface area contributed by atoms with Crippen LogP contribution in [0.25, 0.3) is 11.8 Å². The molecule has 1 heterocycles. The number of para-hydroxylation sites is 1. The van der Waals surface area contributed by atoms with Gasteiger partial charge in [0.15, 0.2) is 0 Å². The number of hydrogen-bond donors (Lipinski definition) is 0. The average Bonchev–Trinajstić information content (AvgIpc) is 3.10. The van der Waals surface area contributed by atoms with Crippen LogP contribution in [0, 0.1) is 0 Å². The lowest BCUT2D eigenvalue weighted by molar-refractivity contribution is 0.475. The molecule has 3 rings (SSSR count). The van der Waals surface area contributed by atoms with Gasteiger partial charge in [-0.3, -0.25) is 0 Å². The van der Waals surface area contributed by atoms with Crippen LogP contribution in [0.3, 0.4) is 0 Å². The summed E-state index contributed by atoms with van der Waals surface area (Å²) in [5, 5.41) is 6.09. The normalized spacial score (nSPS) is 12.1. The van der Waals surface area contributed by atoms with Gasteiger partial charge in [0.2, 0.25) is 10.0 Å². The van der Waals surface area contributed by atoms with Crippen molar-refractivity contribution in [3.63, 3.8) is 0 Å². The Morgan fingerprint density at radius 2 is 1.81 bits per heavy atom. The van der Waals surface area contributed by atoms with E-state index >= 15 is 0 Å². The largest absolute Gasteiger partial charge is 0.241 e. The van der Waals surface area contributed by atoms with E-state index in [0.29, 0.717) is 5.02 Å². The van der Waals surface area contributed by atoms with Crippen LogP contribution in [0.4, 0.5) is 0 Å². The molecule has 0 spiro atoms. The molecule has 0 fully saturated rings. The minimum Gasteiger partial charge on any atom is -0.241 e. The second-order valence-electron chi connectivity index (χ2n) is 5.78. The van der Waals surface area contributed by atoms with Crippen molar-refractivity contribution < 1.29 is 8.42 Å². The van der Waals surface area contributed by atoms with Crippen molar-refractivity contribution in [2.45, 2.75) is 6.54 Å². The first kappa shape index (κ1) is 18.4. The Labute approximate surface area is 158 Å². The average molecular weight is 388 g/mol. The summed E-state index contributed by atoms with van der Waals surface area (Å²) in [4.78, 5) is 0. The molecule has 0 N–H and O–H groups in total. The van der Waals surface area contributed by atoms with Gasteiger partial charge in [-0.1, -0.05) is 41.9 Å². The Hall–Kier alpha value is -2.41. The van der Waals surface area contributed by atoms with Gasteiger partial charge in [-0.05, 0) is 35.9 Å². The van der Waals surface area contributed by atoms with Gasteiger partial charge >= 0.3 is 0 Å². The highest BCUT2D eigenvalue weighted by atomic mass is 35.5. The molecule has 26 heavy (non-hydrogen) atoms. The standard InChI is InChI=1S/C19H18ClN3O2S/c1-22(26(24,25)12-11-16-7-9-18(20)10-8-16)14-17-13-21-23(15-17)19-5-3-2-4-6-19/h2-13,15H,14H2,1H3/b12-11+. The maximum atomic E-state index is 12.4. The lowest BCUT2D eigenvalue weighted by Crippen LogP contribution is -2.24. The van der Waals surface area contributed by atoms with Crippen LogP contribution < -0.4 is 0 Å². The van der Waals surface area contributed by atoms with Gasteiger partial charge < -0.3 is 0 Å². The number of nitrogens with zero attached hydrogens (tertiary/aromatic N) is 3. The minimum absolute atomic E-state index is 0.236. The van der Waals surface area contributed by atoms with E-state index in [0.717, 1.165) is 16.8 Å². The predicted molar refractivity (Wildman–Crippen MR) is 104 cm³/mol. The molecule has 0 aliphatic rings. The molecule has 0 amide bonds. The highest BCUT2D eigenvalue weighted by Gasteiger charge is 2.15. The number of rotatable bonds is 6. The van der Waals surface area contributed by atoms with Gasteiger partial charge in [0.1, 0.15) is 0 Å². The molecule has 0 aliphatic carbocycles. The monoisotopic (exact) mass is 387 g/mol. The molecule has 0 bridgehead atoms. The Kier molecular flexibility index (Phi) is 5.56. The van der Waals surface area contributed by atoms with E-state index in [1.54, 1.807) is 48.3 Å². The number of aromatic nitrogens is 2. The maximum Gasteiger partial charge on any atom is 0.236 e. The van der Waals surface area contributed by atoms with Crippen LogP contribution in [0.2, 0.25) is 5.02 Å². The molecule has 2 aromatic carbocycles. The van der Waals surface area contributed by atoms with Crippen molar-refractivity contribution in [3.05, 3.63) is 88.5 Å². The second-order valence-corrected chi connectivity index (χ2v) is 8.15. The summed E-state index contributed by atoms with van der Waals surface area (Å²) < 4.78 is 27.9. The fraction of sp³-hybridized carbons (Fsp3) is 0.105. The fourth-order valence-electron chi connectivity index (χ4n) is 2.35. The topological polar surface area (TPSA) is 55.2 Å². The van der Waals surface area contributed by atoms with Crippen LogP contribution >= 0.6 is 11.6 Å². The van der Waals surface area contributed by atoms with Crippen LogP contribution in [0.15, 0.2) is 72.4 Å². The molecule has 134 valence electrons. The van der Waals surface area contributed by atoms with Crippen molar-refractivity contribution >= 4 is 27.7 Å². The Bertz CT molecular complexity index is 997. The van der Waals surface area contributed by atoms with Crippen LogP contribution in [-0.2, 0) is 16.6 Å². The molecule has 0 saturated heterocycles. The molecule has 0 atom stereocenters. The summed E-state index contributed by atoms with van der Waals surface area (Å²) in [6, 6.07) is 16.6. The Morgan fingerprint density at radius 3 is 2.50 bits per heavy atom. The summed E-state index contributed by atoms with van der Waals surface area (Å²) in [6.07, 6.45) is 5.04. The zero-order chi connectivity index (χ0) is 18.6. The van der Waals surface area contributed by atoms with E-state index in [9.17, 15) is 8.42 Å². The van der Waals surface area contributed by atoms with Gasteiger partial charge in [-0.15, -0.1) is 0 Å². The van der Waals surface area contributed by atoms with Gasteiger partial charge in [0, 0.05) is 35.8 Å². The maximum absolute atomic E-state index is 12.4. The van der Waals surface area contributed by atoms with Crippen LogP contribution in [0.1, 0.15) is 11.1 Å². The molecule has 0 aliphatic heterocycles. The highest BCUT2D eigenvalue weighted by Crippen LogP contribution is 2.14. The zero-order valence-corrected chi connectivity index (χ0v) is 15.7. The molecule has 0 radical (unpaired) electrons. The molecular formula is C19H18ClN3O2S. The molecule has 5 nitrogen and oxygen atoms in total. The third-order valence-corrected chi connectivity index (χ3v) is 5.53. The van der Waals surface area contributed by atoms with Gasteiger partial charge in [-0.2, -0.15) is 9.40 Å². The fourth-order valence-corrected chi connectivity index (χ4v) is 3.34. The number of halogens is 1. The van der Waals surface area contributed by atoms with E-state index in [2.05, 4.69) is 5.10 Å². The van der Waals surface area contributed by atoms with E-state index in [1.165, 1.54) is 9.71 Å². The smallest absolute Gasteiger partial charge is 0.236 e. The molecule has 0 unspecified atom stereocenters. The number of hydrogen-bond acceptors (Lipinski definition) is 3. The van der Waals surface area contributed by atoms with Crippen molar-refractivity contribution in [2.24, 2.45) is 0 Å². The lowest BCUT2D eigenvalue weighted by Gasteiger charge is -2.13. The predicted octanol–water partition coefficient (Wildman–Crippen LogP) is 3.96. The van der Waals surface area contributed by atoms with Crippen molar-refractivity contribution in [2.75, 3.05) is 7.05 Å². The van der Waals surface area contributed by atoms with Crippen LogP contribution in [0.5, 0.6) is 0 Å². The van der Waals surface area contributed by atoms with Crippen molar-refractivity contribution in [3.8, 4) is 5.69 Å². The summed E-state index contributed by atoms with van der Waals surface area (Å²) in [5.74, 6) is 0. The Morgan fingerprint density at radius 1 is 1.12 bits per heavy atom. The zero-order valence-electron chi connectivity index (χ0n) is 14.2. The van der Waals surface area contributed by atoms with Gasteiger partial charge in [-0.25, -0.2) is 13.1 Å². The quantitative estimate of drug-likeness (QED) is 0.643. The van der Waals surface area contributed by atoms with E-state index < -0.39 is 10.0 Å². The molecule has 1 aromatic heterocycles. The molecule has 0 saturated carbocycles. The minimum atomic E-state index is -3.54. The van der Waals surface area contributed by atoms with E-state index in [-0.39, 0.29) is 6.54 Å². The van der Waals surface area contributed by atoms with Crippen LogP contribution in [-0.4, -0.2) is 29.6 Å².